The zero-order valence-electron chi connectivity index (χ0n) is 13.8. The molecule has 2 N–H and O–H groups in total. The third-order valence-electron chi connectivity index (χ3n) is 4.11. The normalized spacial score (nSPS) is 15.5. The molecular formula is C16H19Cl2N3O3S2. The van der Waals surface area contributed by atoms with Crippen LogP contribution in [-0.4, -0.2) is 49.7 Å². The molecule has 26 heavy (non-hydrogen) atoms. The maximum absolute atomic E-state index is 12.6. The number of halogens is 2. The van der Waals surface area contributed by atoms with E-state index in [1.807, 2.05) is 12.1 Å². The van der Waals surface area contributed by atoms with E-state index in [4.69, 9.17) is 17.3 Å². The van der Waals surface area contributed by atoms with Crippen LogP contribution in [-0.2, 0) is 16.6 Å². The fourth-order valence-electron chi connectivity index (χ4n) is 2.66. The second-order valence-electron chi connectivity index (χ2n) is 5.66. The van der Waals surface area contributed by atoms with E-state index in [0.29, 0.717) is 29.5 Å². The van der Waals surface area contributed by atoms with Gasteiger partial charge in [0.15, 0.2) is 0 Å². The van der Waals surface area contributed by atoms with Crippen molar-refractivity contribution in [2.75, 3.05) is 26.2 Å². The van der Waals surface area contributed by atoms with Crippen molar-refractivity contribution in [1.82, 2.24) is 9.21 Å². The summed E-state index contributed by atoms with van der Waals surface area (Å²) in [7, 11) is -3.55. The Morgan fingerprint density at radius 2 is 1.69 bits per heavy atom. The van der Waals surface area contributed by atoms with Gasteiger partial charge in [0.1, 0.15) is 4.21 Å². The maximum Gasteiger partial charge on any atom is 0.253 e. The van der Waals surface area contributed by atoms with E-state index in [2.05, 4.69) is 0 Å². The number of benzene rings is 1. The summed E-state index contributed by atoms with van der Waals surface area (Å²) in [5, 5.41) is 0. The van der Waals surface area contributed by atoms with Crippen molar-refractivity contribution < 1.29 is 13.2 Å². The van der Waals surface area contributed by atoms with Gasteiger partial charge in [-0.1, -0.05) is 23.7 Å². The summed E-state index contributed by atoms with van der Waals surface area (Å²) < 4.78 is 27.2. The van der Waals surface area contributed by atoms with Crippen molar-refractivity contribution in [3.8, 4) is 0 Å². The van der Waals surface area contributed by atoms with Crippen LogP contribution in [0.2, 0.25) is 4.34 Å². The molecule has 1 fully saturated rings. The molecule has 3 rings (SSSR count). The zero-order valence-corrected chi connectivity index (χ0v) is 17.0. The number of hydrogen-bond donors (Lipinski definition) is 1. The minimum absolute atomic E-state index is 0. The SMILES string of the molecule is Cl.NCc1ccc(C(=O)N2CCN(S(=O)(=O)c3ccc(Cl)s3)CC2)cc1. The standard InChI is InChI=1S/C16H18ClN3O3S2.ClH/c17-14-5-6-15(24-14)25(22,23)20-9-7-19(8-10-20)16(21)13-3-1-12(11-18)2-4-13;/h1-6H,7-11,18H2;1H. The summed E-state index contributed by atoms with van der Waals surface area (Å²) in [6.45, 7) is 1.68. The van der Waals surface area contributed by atoms with Crippen LogP contribution in [0.3, 0.4) is 0 Å². The van der Waals surface area contributed by atoms with Crippen molar-refractivity contribution in [2.45, 2.75) is 10.8 Å². The zero-order chi connectivity index (χ0) is 18.0. The quantitative estimate of drug-likeness (QED) is 0.798. The summed E-state index contributed by atoms with van der Waals surface area (Å²) in [6.07, 6.45) is 0. The molecular weight excluding hydrogens is 417 g/mol. The molecule has 1 aliphatic heterocycles. The molecule has 0 bridgehead atoms. The number of hydrogen-bond acceptors (Lipinski definition) is 5. The minimum Gasteiger partial charge on any atom is -0.336 e. The summed E-state index contributed by atoms with van der Waals surface area (Å²) in [4.78, 5) is 14.2. The van der Waals surface area contributed by atoms with E-state index in [9.17, 15) is 13.2 Å². The van der Waals surface area contributed by atoms with Gasteiger partial charge in [0.25, 0.3) is 15.9 Å². The van der Waals surface area contributed by atoms with E-state index in [1.54, 1.807) is 23.1 Å². The third-order valence-corrected chi connectivity index (χ3v) is 7.70. The van der Waals surface area contributed by atoms with Crippen LogP contribution < -0.4 is 5.73 Å². The van der Waals surface area contributed by atoms with Crippen LogP contribution in [0.1, 0.15) is 15.9 Å². The van der Waals surface area contributed by atoms with Gasteiger partial charge in [-0.15, -0.1) is 23.7 Å². The van der Waals surface area contributed by atoms with Crippen molar-refractivity contribution in [2.24, 2.45) is 5.73 Å². The van der Waals surface area contributed by atoms with Crippen LogP contribution in [0.5, 0.6) is 0 Å². The molecule has 0 radical (unpaired) electrons. The third kappa shape index (κ3) is 4.39. The summed E-state index contributed by atoms with van der Waals surface area (Å²) in [6, 6.07) is 10.2. The Bertz CT molecular complexity index is 861. The number of carbonyl (C=O) groups is 1. The highest BCUT2D eigenvalue weighted by Crippen LogP contribution is 2.28. The smallest absolute Gasteiger partial charge is 0.253 e. The van der Waals surface area contributed by atoms with Gasteiger partial charge in [0.05, 0.1) is 4.34 Å². The van der Waals surface area contributed by atoms with Crippen LogP contribution in [0.25, 0.3) is 0 Å². The maximum atomic E-state index is 12.6. The molecule has 1 aromatic heterocycles. The molecule has 0 unspecified atom stereocenters. The number of thiophene rings is 1. The number of amides is 1. The Morgan fingerprint density at radius 3 is 2.19 bits per heavy atom. The molecule has 0 saturated carbocycles. The van der Waals surface area contributed by atoms with E-state index < -0.39 is 10.0 Å². The van der Waals surface area contributed by atoms with Gasteiger partial charge in [-0.05, 0) is 29.8 Å². The van der Waals surface area contributed by atoms with E-state index >= 15 is 0 Å². The molecule has 0 aliphatic carbocycles. The Balaban J connectivity index is 0.00000243. The lowest BCUT2D eigenvalue weighted by Crippen LogP contribution is -2.50. The summed E-state index contributed by atoms with van der Waals surface area (Å²) in [5.41, 5.74) is 7.10. The molecule has 1 amide bonds. The van der Waals surface area contributed by atoms with Crippen molar-refractivity contribution in [1.29, 1.82) is 0 Å². The number of carbonyl (C=O) groups excluding carboxylic acids is 1. The highest BCUT2D eigenvalue weighted by molar-refractivity contribution is 7.91. The molecule has 1 aliphatic rings. The second-order valence-corrected chi connectivity index (χ2v) is 9.54. The molecule has 0 atom stereocenters. The predicted molar refractivity (Wildman–Crippen MR) is 106 cm³/mol. The fraction of sp³-hybridized carbons (Fsp3) is 0.312. The van der Waals surface area contributed by atoms with E-state index in [0.717, 1.165) is 16.9 Å². The first-order valence-electron chi connectivity index (χ1n) is 7.75. The van der Waals surface area contributed by atoms with E-state index in [-0.39, 0.29) is 35.6 Å². The number of rotatable bonds is 4. The molecule has 0 spiro atoms. The predicted octanol–water partition coefficient (Wildman–Crippen LogP) is 2.43. The Kier molecular flexibility index (Phi) is 7.06. The fourth-order valence-corrected chi connectivity index (χ4v) is 5.72. The first-order chi connectivity index (χ1) is 11.9. The van der Waals surface area contributed by atoms with Gasteiger partial charge in [-0.25, -0.2) is 8.42 Å². The summed E-state index contributed by atoms with van der Waals surface area (Å²) >= 11 is 6.88. The summed E-state index contributed by atoms with van der Waals surface area (Å²) in [5.74, 6) is -0.0974. The van der Waals surface area contributed by atoms with Gasteiger partial charge in [-0.2, -0.15) is 4.31 Å². The van der Waals surface area contributed by atoms with Gasteiger partial charge in [-0.3, -0.25) is 4.79 Å². The lowest BCUT2D eigenvalue weighted by atomic mass is 10.1. The highest BCUT2D eigenvalue weighted by Gasteiger charge is 2.31. The highest BCUT2D eigenvalue weighted by atomic mass is 35.5. The van der Waals surface area contributed by atoms with Gasteiger partial charge in [0, 0.05) is 38.3 Å². The Hall–Kier alpha value is -1.16. The second kappa shape index (κ2) is 8.69. The average molecular weight is 436 g/mol. The monoisotopic (exact) mass is 435 g/mol. The molecule has 1 saturated heterocycles. The van der Waals surface area contributed by atoms with Crippen molar-refractivity contribution >= 4 is 51.3 Å². The topological polar surface area (TPSA) is 83.7 Å². The number of nitrogens with two attached hydrogens (primary N) is 1. The van der Waals surface area contributed by atoms with Gasteiger partial charge >= 0.3 is 0 Å². The van der Waals surface area contributed by atoms with Crippen molar-refractivity contribution in [3.63, 3.8) is 0 Å². The van der Waals surface area contributed by atoms with Crippen LogP contribution in [0, 0.1) is 0 Å². The lowest BCUT2D eigenvalue weighted by molar-refractivity contribution is 0.0698. The minimum atomic E-state index is -3.55. The van der Waals surface area contributed by atoms with Crippen molar-refractivity contribution in [3.05, 3.63) is 51.9 Å². The number of sulfonamides is 1. The van der Waals surface area contributed by atoms with Crippen LogP contribution in [0.4, 0.5) is 0 Å². The molecule has 2 aromatic rings. The number of nitrogens with zero attached hydrogens (tertiary/aromatic N) is 2. The average Bonchev–Trinajstić information content (AvgIpc) is 3.08. The largest absolute Gasteiger partial charge is 0.336 e. The molecule has 1 aromatic carbocycles. The van der Waals surface area contributed by atoms with Crippen LogP contribution >= 0.6 is 35.3 Å². The Morgan fingerprint density at radius 1 is 1.08 bits per heavy atom. The first-order valence-corrected chi connectivity index (χ1v) is 10.4. The molecule has 10 heteroatoms. The number of piperazine rings is 1. The Labute approximate surface area is 168 Å². The molecule has 2 heterocycles. The molecule has 6 nitrogen and oxygen atoms in total. The van der Waals surface area contributed by atoms with Gasteiger partial charge < -0.3 is 10.6 Å². The van der Waals surface area contributed by atoms with E-state index in [1.165, 1.54) is 10.4 Å². The lowest BCUT2D eigenvalue weighted by Gasteiger charge is -2.33. The van der Waals surface area contributed by atoms with Crippen LogP contribution in [0.15, 0.2) is 40.6 Å². The van der Waals surface area contributed by atoms with Gasteiger partial charge in [0.2, 0.25) is 0 Å². The molecule has 142 valence electrons. The first kappa shape index (κ1) is 21.1.